The summed E-state index contributed by atoms with van der Waals surface area (Å²) in [7, 11) is 1.58. The van der Waals surface area contributed by atoms with E-state index in [0.717, 1.165) is 16.8 Å². The van der Waals surface area contributed by atoms with Crippen molar-refractivity contribution in [1.29, 1.82) is 0 Å². The number of rotatable bonds is 6. The van der Waals surface area contributed by atoms with Gasteiger partial charge in [-0.15, -0.1) is 10.2 Å². The zero-order chi connectivity index (χ0) is 18.0. The quantitative estimate of drug-likeness (QED) is 0.745. The Kier molecular flexibility index (Phi) is 4.74. The van der Waals surface area contributed by atoms with Crippen molar-refractivity contribution in [3.63, 3.8) is 0 Å². The summed E-state index contributed by atoms with van der Waals surface area (Å²) in [4.78, 5) is 12.5. The van der Waals surface area contributed by atoms with E-state index in [0.29, 0.717) is 30.2 Å². The largest absolute Gasteiger partial charge is 0.493 e. The van der Waals surface area contributed by atoms with Gasteiger partial charge in [-0.05, 0) is 13.0 Å². The standard InChI is InChI=1S/C18H22N4O3/c1-11(2)17-21-20-10-22(17)9-8-19-18(23)15-12(3)13-6-5-7-14(24-4)16(13)25-15/h5-7,10-11H,8-9H2,1-4H3,(H,19,23). The van der Waals surface area contributed by atoms with E-state index in [-0.39, 0.29) is 11.8 Å². The molecule has 0 saturated carbocycles. The highest BCUT2D eigenvalue weighted by molar-refractivity contribution is 6.00. The van der Waals surface area contributed by atoms with E-state index in [1.807, 2.05) is 29.7 Å². The average molecular weight is 342 g/mol. The maximum Gasteiger partial charge on any atom is 0.287 e. The molecule has 0 atom stereocenters. The Labute approximate surface area is 146 Å². The number of carbonyl (C=O) groups is 1. The van der Waals surface area contributed by atoms with Gasteiger partial charge in [0.05, 0.1) is 7.11 Å². The Balaban J connectivity index is 1.72. The number of methoxy groups -OCH3 is 1. The van der Waals surface area contributed by atoms with Gasteiger partial charge in [-0.3, -0.25) is 4.79 Å². The molecule has 25 heavy (non-hydrogen) atoms. The van der Waals surface area contributed by atoms with Gasteiger partial charge in [0.25, 0.3) is 5.91 Å². The van der Waals surface area contributed by atoms with Crippen molar-refractivity contribution in [3.8, 4) is 5.75 Å². The summed E-state index contributed by atoms with van der Waals surface area (Å²) in [5.74, 6) is 1.87. The number of benzene rings is 1. The Hall–Kier alpha value is -2.83. The van der Waals surface area contributed by atoms with Crippen LogP contribution >= 0.6 is 0 Å². The smallest absolute Gasteiger partial charge is 0.287 e. The molecule has 1 aromatic carbocycles. The number of fused-ring (bicyclic) bond motifs is 1. The van der Waals surface area contributed by atoms with Crippen molar-refractivity contribution in [2.45, 2.75) is 33.2 Å². The molecule has 0 aliphatic carbocycles. The van der Waals surface area contributed by atoms with Crippen molar-refractivity contribution in [2.75, 3.05) is 13.7 Å². The minimum absolute atomic E-state index is 0.241. The fraction of sp³-hybridized carbons (Fsp3) is 0.389. The number of nitrogens with zero attached hydrogens (tertiary/aromatic N) is 3. The van der Waals surface area contributed by atoms with E-state index in [1.54, 1.807) is 13.4 Å². The lowest BCUT2D eigenvalue weighted by molar-refractivity contribution is 0.0925. The van der Waals surface area contributed by atoms with E-state index < -0.39 is 0 Å². The second kappa shape index (κ2) is 6.96. The highest BCUT2D eigenvalue weighted by Crippen LogP contribution is 2.32. The summed E-state index contributed by atoms with van der Waals surface area (Å²) in [6, 6.07) is 5.61. The average Bonchev–Trinajstić information content (AvgIpc) is 3.19. The third-order valence-electron chi connectivity index (χ3n) is 4.15. The highest BCUT2D eigenvalue weighted by Gasteiger charge is 2.19. The number of nitrogens with one attached hydrogen (secondary N) is 1. The van der Waals surface area contributed by atoms with Gasteiger partial charge in [-0.1, -0.05) is 26.0 Å². The number of hydrogen-bond donors (Lipinski definition) is 1. The SMILES string of the molecule is COc1cccc2c(C)c(C(=O)NCCn3cnnc3C(C)C)oc12. The van der Waals surface area contributed by atoms with Gasteiger partial charge in [0.1, 0.15) is 12.2 Å². The molecule has 0 spiro atoms. The summed E-state index contributed by atoms with van der Waals surface area (Å²) in [6.07, 6.45) is 1.68. The third kappa shape index (κ3) is 3.22. The Bertz CT molecular complexity index is 895. The third-order valence-corrected chi connectivity index (χ3v) is 4.15. The summed E-state index contributed by atoms with van der Waals surface area (Å²) in [5, 5.41) is 11.8. The van der Waals surface area contributed by atoms with Crippen LogP contribution in [-0.2, 0) is 6.54 Å². The summed E-state index contributed by atoms with van der Waals surface area (Å²) >= 11 is 0. The lowest BCUT2D eigenvalue weighted by Gasteiger charge is -2.09. The highest BCUT2D eigenvalue weighted by atomic mass is 16.5. The van der Waals surface area contributed by atoms with Gasteiger partial charge in [-0.25, -0.2) is 0 Å². The van der Waals surface area contributed by atoms with Gasteiger partial charge in [0.15, 0.2) is 17.1 Å². The molecule has 0 radical (unpaired) electrons. The number of carbonyl (C=O) groups excluding carboxylic acids is 1. The Morgan fingerprint density at radius 1 is 1.40 bits per heavy atom. The van der Waals surface area contributed by atoms with E-state index in [1.165, 1.54) is 0 Å². The van der Waals surface area contributed by atoms with Gasteiger partial charge in [0.2, 0.25) is 0 Å². The summed E-state index contributed by atoms with van der Waals surface area (Å²) in [6.45, 7) is 7.06. The fourth-order valence-corrected chi connectivity index (χ4v) is 2.85. The first-order chi connectivity index (χ1) is 12.0. The zero-order valence-corrected chi connectivity index (χ0v) is 14.9. The molecule has 132 valence electrons. The van der Waals surface area contributed by atoms with Crippen molar-refractivity contribution in [3.05, 3.63) is 41.7 Å². The van der Waals surface area contributed by atoms with Crippen molar-refractivity contribution < 1.29 is 13.9 Å². The van der Waals surface area contributed by atoms with Crippen LogP contribution < -0.4 is 10.1 Å². The van der Waals surface area contributed by atoms with Crippen molar-refractivity contribution in [1.82, 2.24) is 20.1 Å². The molecule has 1 amide bonds. The number of amides is 1. The fourth-order valence-electron chi connectivity index (χ4n) is 2.85. The molecule has 0 aliphatic heterocycles. The Morgan fingerprint density at radius 2 is 2.20 bits per heavy atom. The maximum atomic E-state index is 12.5. The molecule has 2 heterocycles. The molecule has 1 N–H and O–H groups in total. The van der Waals surface area contributed by atoms with Gasteiger partial charge < -0.3 is 19.0 Å². The minimum atomic E-state index is -0.241. The first-order valence-corrected chi connectivity index (χ1v) is 8.25. The van der Waals surface area contributed by atoms with Crippen LogP contribution in [0.1, 0.15) is 41.7 Å². The molecule has 3 rings (SSSR count). The van der Waals surface area contributed by atoms with Crippen LogP contribution in [0.2, 0.25) is 0 Å². The predicted octanol–water partition coefficient (Wildman–Crippen LogP) is 2.89. The molecule has 0 aliphatic rings. The molecular weight excluding hydrogens is 320 g/mol. The zero-order valence-electron chi connectivity index (χ0n) is 14.9. The Morgan fingerprint density at radius 3 is 2.92 bits per heavy atom. The summed E-state index contributed by atoms with van der Waals surface area (Å²) < 4.78 is 13.0. The van der Waals surface area contributed by atoms with Crippen molar-refractivity contribution >= 4 is 16.9 Å². The van der Waals surface area contributed by atoms with Crippen LogP contribution in [0.25, 0.3) is 11.0 Å². The molecule has 0 unspecified atom stereocenters. The van der Waals surface area contributed by atoms with E-state index in [2.05, 4.69) is 29.4 Å². The second-order valence-electron chi connectivity index (χ2n) is 6.19. The molecule has 0 fully saturated rings. The molecule has 7 heteroatoms. The first-order valence-electron chi connectivity index (χ1n) is 8.25. The van der Waals surface area contributed by atoms with Gasteiger partial charge in [-0.2, -0.15) is 0 Å². The van der Waals surface area contributed by atoms with Crippen LogP contribution in [0, 0.1) is 6.92 Å². The van der Waals surface area contributed by atoms with Crippen LogP contribution in [0.4, 0.5) is 0 Å². The predicted molar refractivity (Wildman–Crippen MR) is 93.9 cm³/mol. The van der Waals surface area contributed by atoms with Crippen LogP contribution in [0.5, 0.6) is 5.75 Å². The number of aryl methyl sites for hydroxylation is 1. The van der Waals surface area contributed by atoms with E-state index in [4.69, 9.17) is 9.15 Å². The number of aromatic nitrogens is 3. The lowest BCUT2D eigenvalue weighted by atomic mass is 10.1. The summed E-state index contributed by atoms with van der Waals surface area (Å²) in [5.41, 5.74) is 1.40. The minimum Gasteiger partial charge on any atom is -0.493 e. The molecule has 7 nitrogen and oxygen atoms in total. The number of hydrogen-bond acceptors (Lipinski definition) is 5. The van der Waals surface area contributed by atoms with Crippen LogP contribution in [0.3, 0.4) is 0 Å². The van der Waals surface area contributed by atoms with Crippen molar-refractivity contribution in [2.24, 2.45) is 0 Å². The van der Waals surface area contributed by atoms with Gasteiger partial charge in [0, 0.05) is 30.0 Å². The lowest BCUT2D eigenvalue weighted by Crippen LogP contribution is -2.27. The van der Waals surface area contributed by atoms with Crippen LogP contribution in [-0.4, -0.2) is 34.3 Å². The van der Waals surface area contributed by atoms with E-state index in [9.17, 15) is 4.79 Å². The number of ether oxygens (including phenoxy) is 1. The molecule has 0 bridgehead atoms. The topological polar surface area (TPSA) is 82.2 Å². The molecule has 0 saturated heterocycles. The first kappa shape index (κ1) is 17.0. The van der Waals surface area contributed by atoms with Gasteiger partial charge >= 0.3 is 0 Å². The normalized spacial score (nSPS) is 11.2. The molecule has 2 aromatic heterocycles. The van der Waals surface area contributed by atoms with Crippen LogP contribution in [0.15, 0.2) is 28.9 Å². The number of furan rings is 1. The molecular formula is C18H22N4O3. The second-order valence-corrected chi connectivity index (χ2v) is 6.19. The monoisotopic (exact) mass is 342 g/mol. The van der Waals surface area contributed by atoms with E-state index >= 15 is 0 Å². The maximum absolute atomic E-state index is 12.5. The number of para-hydroxylation sites is 1. The molecule has 3 aromatic rings.